The molecule has 0 spiro atoms. The van der Waals surface area contributed by atoms with Crippen molar-refractivity contribution in [3.8, 4) is 67.5 Å². The van der Waals surface area contributed by atoms with Gasteiger partial charge in [0.15, 0.2) is 69.8 Å². The normalized spacial score (nSPS) is 11.8. The molecule has 0 radical (unpaired) electrons. The Morgan fingerprint density at radius 3 is 0.609 bits per heavy atom. The van der Waals surface area contributed by atoms with Gasteiger partial charge in [-0.3, -0.25) is 0 Å². The monoisotopic (exact) mass is 1940 g/mol. The minimum absolute atomic E-state index is 0.0610. The number of rotatable bonds is 26. The van der Waals surface area contributed by atoms with E-state index < -0.39 is 186 Å². The SMILES string of the molecule is CCCCCc1ccc(-c2cc(F)c(C(F)(F)Oc3ccc4c(F)c(F)c(F)cc4c3)c(F)c2)cc1.CCCCc1ccc(-c2cc(F)c(C(F)(F)Oc3ccc4c(F)c(F)c(F)cc4c3)c(F)c2)cc1.CCCc1ccc(-c2cc(F)c(C(F)(F)Oc3ccc4c(F)c(F)c(F)cc4c3)c(F)c2)cc1.CCc1ccc(-c2cc(F)c(C(F)(F)Oc3ccc4c(F)c(F)c(F)cc4c3)c(F)c2)cc1. The second kappa shape index (κ2) is 42.2. The third-order valence-electron chi connectivity index (χ3n) is 22.1. The Kier molecular flexibility index (Phi) is 30.9. The molecule has 0 atom stereocenters. The second-order valence-electron chi connectivity index (χ2n) is 31.7. The zero-order chi connectivity index (χ0) is 99.9. The highest BCUT2D eigenvalue weighted by molar-refractivity contribution is 5.88. The third-order valence-corrected chi connectivity index (χ3v) is 22.1. The van der Waals surface area contributed by atoms with Gasteiger partial charge in [-0.1, -0.05) is 150 Å². The molecule has 138 heavy (non-hydrogen) atoms. The topological polar surface area (TPSA) is 36.9 Å². The van der Waals surface area contributed by atoms with Crippen molar-refractivity contribution in [1.82, 2.24) is 0 Å². The van der Waals surface area contributed by atoms with Crippen molar-refractivity contribution in [2.75, 3.05) is 0 Å². The van der Waals surface area contributed by atoms with Gasteiger partial charge in [0.05, 0.1) is 0 Å². The average molecular weight is 1940 g/mol. The number of hydrogen-bond donors (Lipinski definition) is 0. The Bertz CT molecular complexity index is 7100. The number of hydrogen-bond acceptors (Lipinski definition) is 4. The highest BCUT2D eigenvalue weighted by Crippen LogP contribution is 2.45. The van der Waals surface area contributed by atoms with E-state index in [0.717, 1.165) is 208 Å². The number of halogens is 28. The van der Waals surface area contributed by atoms with Crippen LogP contribution in [-0.4, -0.2) is 0 Å². The first-order chi connectivity index (χ1) is 65.4. The second-order valence-corrected chi connectivity index (χ2v) is 31.7. The Labute approximate surface area is 768 Å². The molecule has 0 aromatic heterocycles. The fourth-order valence-electron chi connectivity index (χ4n) is 15.0. The van der Waals surface area contributed by atoms with E-state index in [4.69, 9.17) is 0 Å². The van der Waals surface area contributed by atoms with Crippen molar-refractivity contribution in [2.24, 2.45) is 0 Å². The molecule has 4 nitrogen and oxygen atoms in total. The van der Waals surface area contributed by atoms with Crippen LogP contribution in [0.3, 0.4) is 0 Å². The zero-order valence-electron chi connectivity index (χ0n) is 72.4. The van der Waals surface area contributed by atoms with E-state index in [2.05, 4.69) is 32.8 Å². The molecular weight excluding hydrogens is 1870 g/mol. The minimum Gasteiger partial charge on any atom is -0.429 e. The summed E-state index contributed by atoms with van der Waals surface area (Å²) in [6.45, 7) is 8.10. The van der Waals surface area contributed by atoms with Crippen LogP contribution in [0.15, 0.2) is 243 Å². The molecule has 16 aromatic rings. The first-order valence-corrected chi connectivity index (χ1v) is 42.3. The van der Waals surface area contributed by atoms with Gasteiger partial charge in [0.25, 0.3) is 0 Å². The number of ether oxygens (including phenoxy) is 4. The summed E-state index contributed by atoms with van der Waals surface area (Å²) < 4.78 is 416. The molecular formula is C106H72F28O4. The maximum Gasteiger partial charge on any atom is 0.432 e. The lowest BCUT2D eigenvalue weighted by atomic mass is 9.99. The van der Waals surface area contributed by atoms with Gasteiger partial charge in [-0.15, -0.1) is 0 Å². The number of benzene rings is 16. The van der Waals surface area contributed by atoms with Crippen molar-refractivity contribution in [2.45, 2.75) is 116 Å². The maximum absolute atomic E-state index is 14.8. The van der Waals surface area contributed by atoms with Crippen LogP contribution in [0.1, 0.15) is 111 Å². The summed E-state index contributed by atoms with van der Waals surface area (Å²) in [5.41, 5.74) is -0.279. The molecule has 0 aliphatic carbocycles. The molecule has 16 rings (SSSR count). The van der Waals surface area contributed by atoms with Gasteiger partial charge in [0, 0.05) is 21.5 Å². The first-order valence-electron chi connectivity index (χ1n) is 42.3. The predicted molar refractivity (Wildman–Crippen MR) is 466 cm³/mol. The molecule has 0 aliphatic heterocycles. The summed E-state index contributed by atoms with van der Waals surface area (Å²) in [6.07, 6.45) is -8.42. The molecule has 0 amide bonds. The zero-order valence-corrected chi connectivity index (χ0v) is 72.4. The summed E-state index contributed by atoms with van der Waals surface area (Å²) in [7, 11) is 0. The molecule has 0 bridgehead atoms. The van der Waals surface area contributed by atoms with Gasteiger partial charge in [-0.25, -0.2) is 87.8 Å². The lowest BCUT2D eigenvalue weighted by Crippen LogP contribution is -2.25. The van der Waals surface area contributed by atoms with Gasteiger partial charge in [0.2, 0.25) is 0 Å². The highest BCUT2D eigenvalue weighted by atomic mass is 19.3. The van der Waals surface area contributed by atoms with Crippen molar-refractivity contribution in [3.63, 3.8) is 0 Å². The predicted octanol–water partition coefficient (Wildman–Crippen LogP) is 33.9. The van der Waals surface area contributed by atoms with Crippen LogP contribution in [0.2, 0.25) is 0 Å². The lowest BCUT2D eigenvalue weighted by Gasteiger charge is -2.20. The Hall–Kier alpha value is -14.2. The van der Waals surface area contributed by atoms with Crippen LogP contribution in [0.5, 0.6) is 23.0 Å². The third kappa shape index (κ3) is 22.7. The highest BCUT2D eigenvalue weighted by Gasteiger charge is 2.46. The molecule has 0 saturated carbocycles. The van der Waals surface area contributed by atoms with E-state index in [1.807, 2.05) is 38.1 Å². The first kappa shape index (κ1) is 101. The summed E-state index contributed by atoms with van der Waals surface area (Å²) in [4.78, 5) is 0. The number of aryl methyl sites for hydroxylation is 4. The van der Waals surface area contributed by atoms with Crippen LogP contribution >= 0.6 is 0 Å². The van der Waals surface area contributed by atoms with E-state index >= 15 is 0 Å². The summed E-state index contributed by atoms with van der Waals surface area (Å²) >= 11 is 0. The standard InChI is InChI=1S/C28H21F7O.C27H19F7O.C26H17F7O.C25H15F7O/c1-2-3-4-5-16-6-8-17(9-7-16)18-13-22(29)25(23(30)14-18)28(34,35)36-20-10-11-21-19(12-20)15-24(31)27(33)26(21)32;1-2-3-4-15-5-7-16(8-6-15)17-12-21(28)24(22(29)13-17)27(33,34)35-19-9-10-20-18(11-19)14-23(30)26(32)25(20)31;1-2-3-14-4-6-15(7-5-14)16-11-20(27)23(21(28)12-16)26(32,33)34-18-8-9-19-17(10-18)13-22(29)25(31)24(19)30;1-2-13-3-5-14(6-4-13)15-10-19(26)22(20(27)11-15)25(31,32)33-17-7-8-18-16(9-17)12-21(28)24(30)23(18)29/h6-15H,2-5H2,1H3;5-14H,2-4H2,1H3;4-13H,2-3H2,1H3;3-12H,2H2,1H3. The van der Waals surface area contributed by atoms with E-state index in [1.54, 1.807) is 72.8 Å². The van der Waals surface area contributed by atoms with Gasteiger partial charge in [-0.2, -0.15) is 35.1 Å². The molecule has 0 heterocycles. The van der Waals surface area contributed by atoms with Crippen molar-refractivity contribution in [1.29, 1.82) is 0 Å². The van der Waals surface area contributed by atoms with Gasteiger partial charge in [0.1, 0.15) is 91.8 Å². The molecule has 0 fully saturated rings. The molecule has 0 aliphatic rings. The van der Waals surface area contributed by atoms with Crippen molar-refractivity contribution in [3.05, 3.63) is 404 Å². The maximum atomic E-state index is 14.8. The van der Waals surface area contributed by atoms with Crippen LogP contribution in [0.4, 0.5) is 123 Å². The molecule has 0 saturated heterocycles. The Morgan fingerprint density at radius 1 is 0.188 bits per heavy atom. The average Bonchev–Trinajstić information content (AvgIpc) is 0.780. The summed E-state index contributed by atoms with van der Waals surface area (Å²) in [5, 5.41) is -2.58. The van der Waals surface area contributed by atoms with Crippen LogP contribution in [0.25, 0.3) is 87.6 Å². The molecule has 32 heteroatoms. The smallest absolute Gasteiger partial charge is 0.429 e. The molecule has 716 valence electrons. The fraction of sp³-hybridized carbons (Fsp3) is 0.170. The van der Waals surface area contributed by atoms with E-state index in [9.17, 15) is 123 Å². The van der Waals surface area contributed by atoms with Crippen molar-refractivity contribution >= 4 is 43.1 Å². The molecule has 0 N–H and O–H groups in total. The lowest BCUT2D eigenvalue weighted by molar-refractivity contribution is -0.190. The van der Waals surface area contributed by atoms with E-state index in [1.165, 1.54) is 0 Å². The minimum atomic E-state index is -4.46. The van der Waals surface area contributed by atoms with Crippen LogP contribution < -0.4 is 18.9 Å². The molecule has 16 aromatic carbocycles. The largest absolute Gasteiger partial charge is 0.432 e. The quantitative estimate of drug-likeness (QED) is 0.0308. The van der Waals surface area contributed by atoms with Gasteiger partial charge < -0.3 is 18.9 Å². The fourth-order valence-corrected chi connectivity index (χ4v) is 15.0. The number of alkyl halides is 8. The summed E-state index contributed by atoms with van der Waals surface area (Å²) in [6, 6.07) is 46.5. The van der Waals surface area contributed by atoms with E-state index in [-0.39, 0.29) is 65.3 Å². The molecule has 0 unspecified atom stereocenters. The summed E-state index contributed by atoms with van der Waals surface area (Å²) in [5.74, 6) is -33.7. The van der Waals surface area contributed by atoms with Crippen molar-refractivity contribution < 1.29 is 142 Å². The Morgan fingerprint density at radius 2 is 0.399 bits per heavy atom. The van der Waals surface area contributed by atoms with E-state index in [0.29, 0.717) is 46.5 Å². The number of fused-ring (bicyclic) bond motifs is 4. The van der Waals surface area contributed by atoms with Crippen LogP contribution in [0, 0.1) is 116 Å². The number of unbranched alkanes of at least 4 members (excludes halogenated alkanes) is 3. The van der Waals surface area contributed by atoms with Crippen LogP contribution in [-0.2, 0) is 50.1 Å². The Balaban J connectivity index is 0.000000155. The van der Waals surface area contributed by atoms with Gasteiger partial charge in [-0.05, 0) is 272 Å². The van der Waals surface area contributed by atoms with Gasteiger partial charge >= 0.3 is 24.4 Å².